The van der Waals surface area contributed by atoms with Gasteiger partial charge >= 0.3 is 0 Å². The normalized spacial score (nSPS) is 11.3. The van der Waals surface area contributed by atoms with Crippen LogP contribution in [0.2, 0.25) is 0 Å². The van der Waals surface area contributed by atoms with Crippen LogP contribution >= 0.6 is 0 Å². The molecule has 24 heavy (non-hydrogen) atoms. The maximum atomic E-state index is 12.0. The smallest absolute Gasteiger partial charge is 0.246 e. The van der Waals surface area contributed by atoms with Crippen molar-refractivity contribution in [2.75, 3.05) is 11.9 Å². The highest BCUT2D eigenvalue weighted by Crippen LogP contribution is 2.11. The highest BCUT2D eigenvalue weighted by Gasteiger charge is 2.04. The molecule has 128 valence electrons. The van der Waals surface area contributed by atoms with Crippen molar-refractivity contribution >= 4 is 17.6 Å². The van der Waals surface area contributed by atoms with Crippen molar-refractivity contribution in [2.24, 2.45) is 10.7 Å². The van der Waals surface area contributed by atoms with E-state index in [9.17, 15) is 4.79 Å². The number of rotatable bonds is 8. The van der Waals surface area contributed by atoms with Gasteiger partial charge in [0.15, 0.2) is 5.96 Å². The predicted octanol–water partition coefficient (Wildman–Crippen LogP) is 1.73. The average Bonchev–Trinajstić information content (AvgIpc) is 3.06. The first-order chi connectivity index (χ1) is 11.7. The van der Waals surface area contributed by atoms with Crippen LogP contribution in [-0.2, 0) is 17.9 Å². The van der Waals surface area contributed by atoms with Crippen molar-refractivity contribution in [3.05, 3.63) is 48.3 Å². The monoisotopic (exact) mass is 328 g/mol. The fourth-order valence-corrected chi connectivity index (χ4v) is 2.11. The number of nitrogens with zero attached hydrogens (tertiary/aromatic N) is 3. The molecule has 0 unspecified atom stereocenters. The molecule has 1 heterocycles. The lowest BCUT2D eigenvalue weighted by molar-refractivity contribution is -0.116. The Morgan fingerprint density at radius 2 is 2.25 bits per heavy atom. The number of benzene rings is 1. The molecule has 0 bridgehead atoms. The fraction of sp³-hybridized carbons (Fsp3) is 0.353. The Morgan fingerprint density at radius 1 is 1.38 bits per heavy atom. The molecular weight excluding hydrogens is 304 g/mol. The van der Waals surface area contributed by atoms with Crippen molar-refractivity contribution in [3.8, 4) is 0 Å². The number of guanidine groups is 1. The second-order valence-electron chi connectivity index (χ2n) is 5.43. The van der Waals surface area contributed by atoms with Crippen LogP contribution in [0.1, 0.15) is 25.3 Å². The standard InChI is InChI=1S/C17H24N6O/c1-2-3-8-19-17(18)20-12-14-6-4-7-15(11-14)22-16(24)13-23-10-5-9-21-23/h4-7,9-11H,2-3,8,12-13H2,1H3,(H,22,24)(H3,18,19,20). The zero-order valence-corrected chi connectivity index (χ0v) is 13.9. The summed E-state index contributed by atoms with van der Waals surface area (Å²) in [4.78, 5) is 16.3. The van der Waals surface area contributed by atoms with Gasteiger partial charge in [-0.05, 0) is 30.2 Å². The van der Waals surface area contributed by atoms with E-state index in [1.54, 1.807) is 23.1 Å². The Kier molecular flexibility index (Phi) is 6.82. The number of anilines is 1. The summed E-state index contributed by atoms with van der Waals surface area (Å²) in [5, 5.41) is 9.94. The predicted molar refractivity (Wildman–Crippen MR) is 95.5 cm³/mol. The van der Waals surface area contributed by atoms with Crippen LogP contribution in [-0.4, -0.2) is 28.2 Å². The summed E-state index contributed by atoms with van der Waals surface area (Å²) in [6.45, 7) is 3.61. The Hall–Kier alpha value is -2.83. The highest BCUT2D eigenvalue weighted by atomic mass is 16.2. The van der Waals surface area contributed by atoms with E-state index in [1.807, 2.05) is 24.3 Å². The Bertz CT molecular complexity index is 665. The van der Waals surface area contributed by atoms with Crippen LogP contribution in [0.4, 0.5) is 5.69 Å². The first-order valence-electron chi connectivity index (χ1n) is 8.07. The van der Waals surface area contributed by atoms with E-state index in [0.29, 0.717) is 12.5 Å². The Balaban J connectivity index is 1.86. The van der Waals surface area contributed by atoms with Crippen molar-refractivity contribution in [2.45, 2.75) is 32.9 Å². The third kappa shape index (κ3) is 6.12. The lowest BCUT2D eigenvalue weighted by Gasteiger charge is -2.08. The molecule has 7 nitrogen and oxygen atoms in total. The molecule has 0 radical (unpaired) electrons. The summed E-state index contributed by atoms with van der Waals surface area (Å²) in [5.74, 6) is 0.316. The van der Waals surface area contributed by atoms with Gasteiger partial charge in [0.25, 0.3) is 0 Å². The Morgan fingerprint density at radius 3 is 3.00 bits per heavy atom. The van der Waals surface area contributed by atoms with Gasteiger partial charge in [0.2, 0.25) is 5.91 Å². The lowest BCUT2D eigenvalue weighted by atomic mass is 10.2. The number of hydrogen-bond donors (Lipinski definition) is 3. The van der Waals surface area contributed by atoms with Crippen LogP contribution in [0.15, 0.2) is 47.7 Å². The molecular formula is C17H24N6O. The summed E-state index contributed by atoms with van der Waals surface area (Å²) in [6, 6.07) is 9.35. The number of carbonyl (C=O) groups excluding carboxylic acids is 1. The van der Waals surface area contributed by atoms with Crippen LogP contribution in [0.3, 0.4) is 0 Å². The van der Waals surface area contributed by atoms with Gasteiger partial charge in [-0.25, -0.2) is 4.99 Å². The number of aromatic nitrogens is 2. The first-order valence-corrected chi connectivity index (χ1v) is 8.07. The SMILES string of the molecule is CCCCNC(N)=NCc1cccc(NC(=O)Cn2cccn2)c1. The molecule has 2 rings (SSSR count). The number of hydrogen-bond acceptors (Lipinski definition) is 3. The zero-order chi connectivity index (χ0) is 17.2. The molecule has 0 saturated heterocycles. The molecule has 0 aliphatic heterocycles. The van der Waals surface area contributed by atoms with Crippen molar-refractivity contribution in [1.29, 1.82) is 0 Å². The third-order valence-corrected chi connectivity index (χ3v) is 3.34. The topological polar surface area (TPSA) is 97.3 Å². The number of nitrogens with two attached hydrogens (primary N) is 1. The summed E-state index contributed by atoms with van der Waals surface area (Å²) < 4.78 is 1.58. The van der Waals surface area contributed by atoms with Gasteiger partial charge in [-0.15, -0.1) is 0 Å². The van der Waals surface area contributed by atoms with E-state index < -0.39 is 0 Å². The molecule has 0 spiro atoms. The second kappa shape index (κ2) is 9.34. The fourth-order valence-electron chi connectivity index (χ4n) is 2.11. The summed E-state index contributed by atoms with van der Waals surface area (Å²) >= 11 is 0. The number of aliphatic imine (C=N–C) groups is 1. The van der Waals surface area contributed by atoms with E-state index in [-0.39, 0.29) is 12.5 Å². The molecule has 4 N–H and O–H groups in total. The second-order valence-corrected chi connectivity index (χ2v) is 5.43. The summed E-state index contributed by atoms with van der Waals surface area (Å²) in [5.41, 5.74) is 7.53. The maximum Gasteiger partial charge on any atom is 0.246 e. The molecule has 0 fully saturated rings. The van der Waals surface area contributed by atoms with Crippen molar-refractivity contribution in [3.63, 3.8) is 0 Å². The largest absolute Gasteiger partial charge is 0.370 e. The number of amides is 1. The van der Waals surface area contributed by atoms with Crippen LogP contribution in [0.5, 0.6) is 0 Å². The maximum absolute atomic E-state index is 12.0. The molecule has 2 aromatic rings. The minimum atomic E-state index is -0.125. The molecule has 1 aromatic carbocycles. The van der Waals surface area contributed by atoms with Gasteiger partial charge in [-0.1, -0.05) is 25.5 Å². The van der Waals surface area contributed by atoms with Crippen molar-refractivity contribution in [1.82, 2.24) is 15.1 Å². The zero-order valence-electron chi connectivity index (χ0n) is 13.9. The van der Waals surface area contributed by atoms with Crippen molar-refractivity contribution < 1.29 is 4.79 Å². The van der Waals surface area contributed by atoms with Gasteiger partial charge in [0.05, 0.1) is 6.54 Å². The minimum Gasteiger partial charge on any atom is -0.370 e. The quantitative estimate of drug-likeness (QED) is 0.390. The van der Waals surface area contributed by atoms with Gasteiger partial charge in [-0.3, -0.25) is 9.48 Å². The van der Waals surface area contributed by atoms with E-state index in [1.165, 1.54) is 0 Å². The highest BCUT2D eigenvalue weighted by molar-refractivity contribution is 5.90. The van der Waals surface area contributed by atoms with Gasteiger partial charge in [0.1, 0.15) is 6.54 Å². The lowest BCUT2D eigenvalue weighted by Crippen LogP contribution is -2.32. The third-order valence-electron chi connectivity index (χ3n) is 3.34. The number of unbranched alkanes of at least 4 members (excludes halogenated alkanes) is 1. The summed E-state index contributed by atoms with van der Waals surface area (Å²) in [6.07, 6.45) is 5.57. The minimum absolute atomic E-state index is 0.125. The molecule has 1 amide bonds. The molecule has 7 heteroatoms. The molecule has 0 atom stereocenters. The van der Waals surface area contributed by atoms with Gasteiger partial charge < -0.3 is 16.4 Å². The number of carbonyl (C=O) groups is 1. The van der Waals surface area contributed by atoms with E-state index in [4.69, 9.17) is 5.73 Å². The van der Waals surface area contributed by atoms with E-state index in [0.717, 1.165) is 30.6 Å². The van der Waals surface area contributed by atoms with E-state index >= 15 is 0 Å². The molecule has 1 aromatic heterocycles. The van der Waals surface area contributed by atoms with Crippen LogP contribution < -0.4 is 16.4 Å². The summed E-state index contributed by atoms with van der Waals surface area (Å²) in [7, 11) is 0. The molecule has 0 aliphatic rings. The first kappa shape index (κ1) is 17.5. The molecule has 0 aliphatic carbocycles. The van der Waals surface area contributed by atoms with E-state index in [2.05, 4.69) is 27.6 Å². The van der Waals surface area contributed by atoms with Crippen LogP contribution in [0.25, 0.3) is 0 Å². The van der Waals surface area contributed by atoms with Gasteiger partial charge in [0, 0.05) is 24.6 Å². The Labute approximate surface area is 142 Å². The molecule has 0 saturated carbocycles. The van der Waals surface area contributed by atoms with Gasteiger partial charge in [-0.2, -0.15) is 5.10 Å². The van der Waals surface area contributed by atoms with Crippen LogP contribution in [0, 0.1) is 0 Å². The average molecular weight is 328 g/mol. The number of nitrogens with one attached hydrogen (secondary N) is 2.